The molecule has 1 rings (SSSR count). The summed E-state index contributed by atoms with van der Waals surface area (Å²) >= 11 is 0. The second-order valence-corrected chi connectivity index (χ2v) is 4.06. The van der Waals surface area contributed by atoms with Gasteiger partial charge in [-0.15, -0.1) is 0 Å². The van der Waals surface area contributed by atoms with E-state index in [2.05, 4.69) is 5.32 Å². The topological polar surface area (TPSA) is 35.6 Å². The van der Waals surface area contributed by atoms with Crippen LogP contribution >= 0.6 is 0 Å². The van der Waals surface area contributed by atoms with E-state index in [4.69, 9.17) is 0 Å². The summed E-state index contributed by atoms with van der Waals surface area (Å²) in [7, 11) is 3.86. The summed E-state index contributed by atoms with van der Waals surface area (Å²) in [6.45, 7) is 5.37. The van der Waals surface area contributed by atoms with E-state index in [1.807, 2.05) is 30.8 Å². The molecule has 0 bridgehead atoms. The van der Waals surface area contributed by atoms with Gasteiger partial charge in [-0.05, 0) is 34.0 Å². The first-order valence-electron chi connectivity index (χ1n) is 5.30. The normalized spacial score (nSPS) is 21.6. The number of hydrogen-bond acceptors (Lipinski definition) is 3. The number of carbonyl (C=O) groups excluding carboxylic acids is 1. The Labute approximate surface area is 86.2 Å². The summed E-state index contributed by atoms with van der Waals surface area (Å²) in [5.41, 5.74) is 0. The smallest absolute Gasteiger partial charge is 0.237 e. The summed E-state index contributed by atoms with van der Waals surface area (Å²) in [5.74, 6) is 0.242. The van der Waals surface area contributed by atoms with E-state index in [9.17, 15) is 4.79 Å². The molecule has 1 fully saturated rings. The lowest BCUT2D eigenvalue weighted by Gasteiger charge is -2.28. The van der Waals surface area contributed by atoms with Crippen LogP contribution in [0.2, 0.25) is 0 Å². The van der Waals surface area contributed by atoms with Crippen molar-refractivity contribution in [1.82, 2.24) is 15.1 Å². The molecule has 0 aliphatic carbocycles. The van der Waals surface area contributed by atoms with Crippen LogP contribution in [0.5, 0.6) is 0 Å². The molecule has 0 aromatic heterocycles. The molecule has 1 unspecified atom stereocenters. The fourth-order valence-electron chi connectivity index (χ4n) is 1.90. The minimum Gasteiger partial charge on any atom is -0.338 e. The summed E-state index contributed by atoms with van der Waals surface area (Å²) in [4.78, 5) is 15.7. The van der Waals surface area contributed by atoms with Crippen LogP contribution in [-0.4, -0.2) is 62.0 Å². The molecule has 1 atom stereocenters. The molecule has 0 radical (unpaired) electrons. The standard InChI is InChI=1S/C10H21N3O/c1-4-13(9-5-6-11-7-9)10(14)8-12(2)3/h9,11H,4-8H2,1-3H3. The van der Waals surface area contributed by atoms with Gasteiger partial charge in [0.25, 0.3) is 0 Å². The maximum atomic E-state index is 11.8. The zero-order valence-electron chi connectivity index (χ0n) is 9.42. The highest BCUT2D eigenvalue weighted by molar-refractivity contribution is 5.78. The quantitative estimate of drug-likeness (QED) is 0.678. The molecule has 1 N–H and O–H groups in total. The van der Waals surface area contributed by atoms with Crippen molar-refractivity contribution in [2.24, 2.45) is 0 Å². The van der Waals surface area contributed by atoms with Gasteiger partial charge in [-0.1, -0.05) is 0 Å². The Kier molecular flexibility index (Phi) is 4.35. The third kappa shape index (κ3) is 2.96. The number of hydrogen-bond donors (Lipinski definition) is 1. The third-order valence-corrected chi connectivity index (χ3v) is 2.59. The van der Waals surface area contributed by atoms with Crippen molar-refractivity contribution in [2.45, 2.75) is 19.4 Å². The van der Waals surface area contributed by atoms with E-state index in [0.29, 0.717) is 12.6 Å². The largest absolute Gasteiger partial charge is 0.338 e. The number of nitrogens with one attached hydrogen (secondary N) is 1. The van der Waals surface area contributed by atoms with Gasteiger partial charge in [0.1, 0.15) is 0 Å². The van der Waals surface area contributed by atoms with Gasteiger partial charge in [-0.25, -0.2) is 0 Å². The Morgan fingerprint density at radius 3 is 2.64 bits per heavy atom. The maximum absolute atomic E-state index is 11.8. The van der Waals surface area contributed by atoms with Crippen LogP contribution in [0.4, 0.5) is 0 Å². The van der Waals surface area contributed by atoms with Gasteiger partial charge in [0, 0.05) is 19.1 Å². The predicted molar refractivity (Wildman–Crippen MR) is 57.2 cm³/mol. The molecule has 1 amide bonds. The van der Waals surface area contributed by atoms with Crippen molar-refractivity contribution < 1.29 is 4.79 Å². The average molecular weight is 199 g/mol. The highest BCUT2D eigenvalue weighted by Gasteiger charge is 2.24. The Balaban J connectivity index is 2.47. The van der Waals surface area contributed by atoms with Crippen molar-refractivity contribution in [1.29, 1.82) is 0 Å². The summed E-state index contributed by atoms with van der Waals surface area (Å²) in [6, 6.07) is 0.410. The number of amides is 1. The predicted octanol–water partition coefficient (Wildman–Crippen LogP) is -0.242. The van der Waals surface area contributed by atoms with Crippen LogP contribution in [-0.2, 0) is 4.79 Å². The maximum Gasteiger partial charge on any atom is 0.237 e. The molecular formula is C10H21N3O. The molecule has 1 saturated heterocycles. The first kappa shape index (κ1) is 11.5. The molecule has 0 spiro atoms. The number of nitrogens with zero attached hydrogens (tertiary/aromatic N) is 2. The van der Waals surface area contributed by atoms with Crippen molar-refractivity contribution in [2.75, 3.05) is 40.3 Å². The van der Waals surface area contributed by atoms with Gasteiger partial charge in [0.15, 0.2) is 0 Å². The molecule has 1 heterocycles. The van der Waals surface area contributed by atoms with Crippen LogP contribution in [0.3, 0.4) is 0 Å². The van der Waals surface area contributed by atoms with Crippen LogP contribution in [0.1, 0.15) is 13.3 Å². The van der Waals surface area contributed by atoms with Gasteiger partial charge in [-0.2, -0.15) is 0 Å². The Morgan fingerprint density at radius 1 is 1.50 bits per heavy atom. The Morgan fingerprint density at radius 2 is 2.21 bits per heavy atom. The highest BCUT2D eigenvalue weighted by atomic mass is 16.2. The van der Waals surface area contributed by atoms with E-state index in [1.54, 1.807) is 0 Å². The van der Waals surface area contributed by atoms with Crippen LogP contribution < -0.4 is 5.32 Å². The molecule has 0 aromatic carbocycles. The fraction of sp³-hybridized carbons (Fsp3) is 0.900. The van der Waals surface area contributed by atoms with Crippen molar-refractivity contribution in [3.63, 3.8) is 0 Å². The fourth-order valence-corrected chi connectivity index (χ4v) is 1.90. The Hall–Kier alpha value is -0.610. The molecule has 1 aliphatic rings. The third-order valence-electron chi connectivity index (χ3n) is 2.59. The van der Waals surface area contributed by atoms with E-state index in [0.717, 1.165) is 26.1 Å². The second-order valence-electron chi connectivity index (χ2n) is 4.06. The zero-order valence-corrected chi connectivity index (χ0v) is 9.42. The average Bonchev–Trinajstić information content (AvgIpc) is 2.57. The van der Waals surface area contributed by atoms with E-state index in [1.165, 1.54) is 0 Å². The molecular weight excluding hydrogens is 178 g/mol. The molecule has 82 valence electrons. The Bertz CT molecular complexity index is 188. The van der Waals surface area contributed by atoms with Crippen molar-refractivity contribution in [3.05, 3.63) is 0 Å². The lowest BCUT2D eigenvalue weighted by atomic mass is 10.2. The first-order chi connectivity index (χ1) is 6.65. The van der Waals surface area contributed by atoms with E-state index < -0.39 is 0 Å². The minimum atomic E-state index is 0.242. The lowest BCUT2D eigenvalue weighted by Crippen LogP contribution is -2.45. The molecule has 0 aromatic rings. The van der Waals surface area contributed by atoms with Gasteiger partial charge in [-0.3, -0.25) is 4.79 Å². The number of rotatable bonds is 4. The van der Waals surface area contributed by atoms with Gasteiger partial charge in [0.2, 0.25) is 5.91 Å². The zero-order chi connectivity index (χ0) is 10.6. The van der Waals surface area contributed by atoms with Gasteiger partial charge < -0.3 is 15.1 Å². The monoisotopic (exact) mass is 199 g/mol. The molecule has 4 heteroatoms. The lowest BCUT2D eigenvalue weighted by molar-refractivity contribution is -0.133. The summed E-state index contributed by atoms with van der Waals surface area (Å²) < 4.78 is 0. The van der Waals surface area contributed by atoms with Crippen molar-refractivity contribution in [3.8, 4) is 0 Å². The van der Waals surface area contributed by atoms with E-state index >= 15 is 0 Å². The van der Waals surface area contributed by atoms with Gasteiger partial charge >= 0.3 is 0 Å². The second kappa shape index (κ2) is 5.32. The van der Waals surface area contributed by atoms with Crippen LogP contribution in [0.25, 0.3) is 0 Å². The number of likely N-dealkylation sites (N-methyl/N-ethyl adjacent to an activating group) is 2. The minimum absolute atomic E-state index is 0.242. The van der Waals surface area contributed by atoms with Crippen LogP contribution in [0.15, 0.2) is 0 Å². The first-order valence-corrected chi connectivity index (χ1v) is 5.30. The SMILES string of the molecule is CCN(C(=O)CN(C)C)C1CCNC1. The summed E-state index contributed by atoms with van der Waals surface area (Å²) in [6.07, 6.45) is 1.09. The number of carbonyl (C=O) groups is 1. The molecule has 14 heavy (non-hydrogen) atoms. The van der Waals surface area contributed by atoms with Crippen LogP contribution in [0, 0.1) is 0 Å². The summed E-state index contributed by atoms with van der Waals surface area (Å²) in [5, 5.41) is 3.29. The molecule has 0 saturated carbocycles. The molecule has 4 nitrogen and oxygen atoms in total. The highest BCUT2D eigenvalue weighted by Crippen LogP contribution is 2.08. The van der Waals surface area contributed by atoms with E-state index in [-0.39, 0.29) is 5.91 Å². The van der Waals surface area contributed by atoms with Gasteiger partial charge in [0.05, 0.1) is 6.54 Å². The molecule has 1 aliphatic heterocycles. The van der Waals surface area contributed by atoms with Crippen molar-refractivity contribution >= 4 is 5.91 Å².